The van der Waals surface area contributed by atoms with E-state index in [-0.39, 0.29) is 28.8 Å². The van der Waals surface area contributed by atoms with Crippen molar-refractivity contribution in [3.63, 3.8) is 0 Å². The van der Waals surface area contributed by atoms with Crippen LogP contribution in [0.5, 0.6) is 11.5 Å². The van der Waals surface area contributed by atoms with Crippen LogP contribution in [0.3, 0.4) is 0 Å². The van der Waals surface area contributed by atoms with E-state index in [9.17, 15) is 19.5 Å². The number of aryl methyl sites for hydroxylation is 1. The second-order valence-electron chi connectivity index (χ2n) is 9.80. The summed E-state index contributed by atoms with van der Waals surface area (Å²) in [4.78, 5) is 43.1. The first-order valence-electron chi connectivity index (χ1n) is 11.2. The Hall–Kier alpha value is -3.89. The second kappa shape index (κ2) is 9.40. The third kappa shape index (κ3) is 4.84. The van der Waals surface area contributed by atoms with Gasteiger partial charge in [-0.15, -0.1) is 0 Å². The molecule has 1 atom stereocenters. The van der Waals surface area contributed by atoms with Gasteiger partial charge in [0.2, 0.25) is 0 Å². The summed E-state index contributed by atoms with van der Waals surface area (Å²) in [6.45, 7) is 9.57. The average Bonchev–Trinajstić information content (AvgIpc) is 3.17. The Morgan fingerprint density at radius 1 is 1.20 bits per heavy atom. The highest BCUT2D eigenvalue weighted by molar-refractivity contribution is 5.97. The minimum absolute atomic E-state index is 0.0174. The predicted molar refractivity (Wildman–Crippen MR) is 133 cm³/mol. The van der Waals surface area contributed by atoms with Crippen LogP contribution in [-0.2, 0) is 7.05 Å². The van der Waals surface area contributed by atoms with Crippen LogP contribution in [0.4, 0.5) is 17.1 Å². The molecule has 11 heteroatoms. The lowest BCUT2D eigenvalue weighted by Gasteiger charge is -2.32. The number of rotatable bonds is 8. The quantitative estimate of drug-likeness (QED) is 0.412. The van der Waals surface area contributed by atoms with Crippen molar-refractivity contribution in [3.05, 3.63) is 50.3 Å². The maximum atomic E-state index is 12.7. The zero-order valence-electron chi connectivity index (χ0n) is 21.3. The van der Waals surface area contributed by atoms with Gasteiger partial charge in [0, 0.05) is 26.3 Å². The molecule has 0 bridgehead atoms. The molecule has 0 aliphatic heterocycles. The molecule has 3 rings (SSSR count). The first kappa shape index (κ1) is 25.7. The Balaban J connectivity index is 1.98. The largest absolute Gasteiger partial charge is 0.504 e. The van der Waals surface area contributed by atoms with Gasteiger partial charge in [-0.3, -0.25) is 19.1 Å². The monoisotopic (exact) mass is 484 g/mol. The summed E-state index contributed by atoms with van der Waals surface area (Å²) in [6, 6.07) is 0.832. The summed E-state index contributed by atoms with van der Waals surface area (Å²) in [5.74, 6) is -0.348. The van der Waals surface area contributed by atoms with E-state index in [4.69, 9.17) is 4.74 Å². The predicted octanol–water partition coefficient (Wildman–Crippen LogP) is 2.55. The van der Waals surface area contributed by atoms with Gasteiger partial charge >= 0.3 is 0 Å². The normalized spacial score (nSPS) is 12.6. The number of nitrogens with one attached hydrogen (secondary N) is 2. The molecule has 2 aromatic heterocycles. The zero-order valence-corrected chi connectivity index (χ0v) is 21.3. The third-order valence-electron chi connectivity index (χ3n) is 5.86. The maximum Gasteiger partial charge on any atom is 0.276 e. The Labute approximate surface area is 203 Å². The number of aromatic nitrogens is 3. The highest BCUT2D eigenvalue weighted by atomic mass is 16.5. The molecule has 0 saturated heterocycles. The van der Waals surface area contributed by atoms with Crippen LogP contribution in [0.15, 0.2) is 28.0 Å². The molecule has 11 nitrogen and oxygen atoms in total. The molecule has 188 valence electrons. The van der Waals surface area contributed by atoms with Gasteiger partial charge in [0.1, 0.15) is 17.1 Å². The molecule has 0 saturated carbocycles. The van der Waals surface area contributed by atoms with Crippen LogP contribution in [0.2, 0.25) is 0 Å². The number of hydrogen-bond acceptors (Lipinski definition) is 9. The second-order valence-corrected chi connectivity index (χ2v) is 9.80. The highest BCUT2D eigenvalue weighted by Crippen LogP contribution is 2.40. The van der Waals surface area contributed by atoms with Gasteiger partial charge in [-0.1, -0.05) is 20.8 Å². The number of pyridine rings is 1. The number of ether oxygens (including phenoxy) is 1. The molecule has 0 aliphatic carbocycles. The van der Waals surface area contributed by atoms with Crippen molar-refractivity contribution in [2.75, 3.05) is 24.8 Å². The van der Waals surface area contributed by atoms with Gasteiger partial charge in [-0.2, -0.15) is 5.10 Å². The van der Waals surface area contributed by atoms with E-state index < -0.39 is 34.0 Å². The Kier molecular flexibility index (Phi) is 6.91. The van der Waals surface area contributed by atoms with Crippen LogP contribution >= 0.6 is 0 Å². The summed E-state index contributed by atoms with van der Waals surface area (Å²) in [6.07, 6.45) is 3.07. The lowest BCUT2D eigenvalue weighted by Crippen LogP contribution is -2.39. The van der Waals surface area contributed by atoms with Crippen LogP contribution in [0, 0.1) is 5.41 Å². The van der Waals surface area contributed by atoms with E-state index in [1.54, 1.807) is 25.0 Å². The van der Waals surface area contributed by atoms with Crippen molar-refractivity contribution < 1.29 is 14.6 Å². The summed E-state index contributed by atoms with van der Waals surface area (Å²) in [5.41, 5.74) is -1.31. The Morgan fingerprint density at radius 3 is 2.40 bits per heavy atom. The first-order valence-corrected chi connectivity index (χ1v) is 11.2. The molecule has 1 aromatic carbocycles. The van der Waals surface area contributed by atoms with Crippen molar-refractivity contribution in [2.45, 2.75) is 46.7 Å². The van der Waals surface area contributed by atoms with Crippen molar-refractivity contribution in [2.24, 2.45) is 12.5 Å². The van der Waals surface area contributed by atoms with Crippen LogP contribution in [0.25, 0.3) is 0 Å². The number of carbonyl (C=O) groups excluding carboxylic acids is 1. The molecule has 3 N–H and O–H groups in total. The van der Waals surface area contributed by atoms with E-state index in [1.165, 1.54) is 24.3 Å². The molecule has 0 unspecified atom stereocenters. The van der Waals surface area contributed by atoms with Crippen molar-refractivity contribution in [1.82, 2.24) is 19.7 Å². The van der Waals surface area contributed by atoms with Gasteiger partial charge in [-0.25, -0.2) is 4.98 Å². The van der Waals surface area contributed by atoms with Gasteiger partial charge in [0.15, 0.2) is 17.2 Å². The number of aromatic hydroxyl groups is 1. The summed E-state index contributed by atoms with van der Waals surface area (Å²) in [7, 11) is 4.90. The minimum atomic E-state index is -0.739. The molecular weight excluding hydrogens is 452 g/mol. The lowest BCUT2D eigenvalue weighted by molar-refractivity contribution is 0.0746. The number of hydrogen-bond donors (Lipinski definition) is 3. The summed E-state index contributed by atoms with van der Waals surface area (Å²) in [5, 5.41) is 21.2. The average molecular weight is 485 g/mol. The Bertz CT molecular complexity index is 1310. The van der Waals surface area contributed by atoms with Gasteiger partial charge in [0.25, 0.3) is 16.8 Å². The molecule has 0 spiro atoms. The first-order chi connectivity index (χ1) is 16.3. The van der Waals surface area contributed by atoms with E-state index in [0.29, 0.717) is 11.4 Å². The molecule has 2 heterocycles. The van der Waals surface area contributed by atoms with E-state index in [2.05, 4.69) is 20.7 Å². The van der Waals surface area contributed by atoms with Crippen molar-refractivity contribution in [3.8, 4) is 11.5 Å². The fourth-order valence-corrected chi connectivity index (χ4v) is 3.58. The van der Waals surface area contributed by atoms with Crippen LogP contribution in [0.1, 0.15) is 56.8 Å². The van der Waals surface area contributed by atoms with Gasteiger partial charge < -0.3 is 25.4 Å². The zero-order chi connectivity index (χ0) is 26.2. The molecule has 1 amide bonds. The van der Waals surface area contributed by atoms with E-state index in [0.717, 1.165) is 0 Å². The topological polar surface area (TPSA) is 139 Å². The Morgan fingerprint density at radius 2 is 1.83 bits per heavy atom. The van der Waals surface area contributed by atoms with Crippen LogP contribution in [-0.4, -0.2) is 50.9 Å². The summed E-state index contributed by atoms with van der Waals surface area (Å²) < 4.78 is 7.06. The smallest absolute Gasteiger partial charge is 0.276 e. The standard InChI is InChI=1S/C24H32N6O5/c1-12(2)30(7)23(34)18-19(31)13(9-10-25-18)26-16-17(21(33)20(16)32)27-22(24(3,4)5)15-14(35-8)11-29(6)28-15/h9-12,22,27,31H,1-8H3,(H,25,26)/t22-/m0/s1. The van der Waals surface area contributed by atoms with Gasteiger partial charge in [0.05, 0.1) is 25.0 Å². The number of anilines is 3. The van der Waals surface area contributed by atoms with E-state index >= 15 is 0 Å². The summed E-state index contributed by atoms with van der Waals surface area (Å²) >= 11 is 0. The van der Waals surface area contributed by atoms with Crippen molar-refractivity contribution in [1.29, 1.82) is 0 Å². The molecule has 35 heavy (non-hydrogen) atoms. The molecule has 0 fully saturated rings. The minimum Gasteiger partial charge on any atom is -0.504 e. The van der Waals surface area contributed by atoms with Crippen LogP contribution < -0.4 is 26.2 Å². The van der Waals surface area contributed by atoms with E-state index in [1.807, 2.05) is 34.6 Å². The van der Waals surface area contributed by atoms with Gasteiger partial charge in [-0.05, 0) is 25.3 Å². The lowest BCUT2D eigenvalue weighted by atomic mass is 9.84. The number of methoxy groups -OCH3 is 1. The highest BCUT2D eigenvalue weighted by Gasteiger charge is 2.35. The van der Waals surface area contributed by atoms with Crippen molar-refractivity contribution >= 4 is 23.0 Å². The number of nitrogens with zero attached hydrogens (tertiary/aromatic N) is 4. The molecule has 0 aliphatic rings. The third-order valence-corrected chi connectivity index (χ3v) is 5.86. The molecule has 3 aromatic rings. The molecular formula is C24H32N6O5. The fourth-order valence-electron chi connectivity index (χ4n) is 3.58. The fraction of sp³-hybridized carbons (Fsp3) is 0.458. The molecule has 0 radical (unpaired) electrons. The number of amides is 1. The maximum absolute atomic E-state index is 12.7. The SMILES string of the molecule is COc1cn(C)nc1[C@H](Nc1c(Nc2ccnc(C(=O)N(C)C(C)C)c2O)c(=O)c1=O)C(C)(C)C. The number of carbonyl (C=O) groups is 1.